The molecule has 1 aromatic rings. The average molecular weight is 193 g/mol. The first kappa shape index (κ1) is 10.3. The number of aromatic hydroxyl groups is 1. The highest BCUT2D eigenvalue weighted by Gasteiger charge is 2.11. The summed E-state index contributed by atoms with van der Waals surface area (Å²) in [4.78, 5) is 11.4. The van der Waals surface area contributed by atoms with Crippen LogP contribution in [0.3, 0.4) is 0 Å². The molecule has 0 spiro atoms. The van der Waals surface area contributed by atoms with E-state index in [0.717, 1.165) is 4.57 Å². The van der Waals surface area contributed by atoms with E-state index in [4.69, 9.17) is 11.0 Å². The predicted molar refractivity (Wildman–Crippen MR) is 50.9 cm³/mol. The third kappa shape index (κ3) is 1.60. The zero-order valence-corrected chi connectivity index (χ0v) is 7.82. The van der Waals surface area contributed by atoms with Gasteiger partial charge in [0.05, 0.1) is 0 Å². The number of aryl methyl sites for hydroxylation is 1. The Labute approximate surface area is 81.0 Å². The van der Waals surface area contributed by atoms with Gasteiger partial charge in [-0.1, -0.05) is 0 Å². The first-order valence-electron chi connectivity index (χ1n) is 4.15. The number of nitrogens with zero attached hydrogens (tertiary/aromatic N) is 2. The van der Waals surface area contributed by atoms with Crippen molar-refractivity contribution in [2.75, 3.05) is 6.54 Å². The zero-order chi connectivity index (χ0) is 10.7. The number of nitriles is 1. The Morgan fingerprint density at radius 3 is 2.86 bits per heavy atom. The van der Waals surface area contributed by atoms with Crippen molar-refractivity contribution in [3.63, 3.8) is 0 Å². The molecule has 0 fully saturated rings. The number of aromatic nitrogens is 1. The third-order valence-electron chi connectivity index (χ3n) is 1.94. The predicted octanol–water partition coefficient (Wildman–Crippen LogP) is -0.307. The number of nitrogens with two attached hydrogens (primary N) is 1. The maximum atomic E-state index is 11.4. The summed E-state index contributed by atoms with van der Waals surface area (Å²) in [6, 6.07) is 3.15. The van der Waals surface area contributed by atoms with Gasteiger partial charge in [-0.05, 0) is 12.5 Å². The Hall–Kier alpha value is -1.80. The van der Waals surface area contributed by atoms with Gasteiger partial charge in [0.15, 0.2) is 0 Å². The lowest BCUT2D eigenvalue weighted by atomic mass is 10.1. The molecule has 1 aromatic heterocycles. The van der Waals surface area contributed by atoms with Crippen LogP contribution in [0.5, 0.6) is 5.88 Å². The fourth-order valence-corrected chi connectivity index (χ4v) is 1.23. The molecular formula is C9H11N3O2. The molecule has 74 valence electrons. The second kappa shape index (κ2) is 3.94. The molecule has 0 bridgehead atoms. The third-order valence-corrected chi connectivity index (χ3v) is 1.94. The van der Waals surface area contributed by atoms with Gasteiger partial charge in [-0.25, -0.2) is 0 Å². The van der Waals surface area contributed by atoms with Crippen molar-refractivity contribution in [3.8, 4) is 11.9 Å². The van der Waals surface area contributed by atoms with Crippen molar-refractivity contribution < 1.29 is 5.11 Å². The normalized spacial score (nSPS) is 9.79. The molecule has 14 heavy (non-hydrogen) atoms. The molecule has 5 nitrogen and oxygen atoms in total. The smallest absolute Gasteiger partial charge is 0.253 e. The second-order valence-electron chi connectivity index (χ2n) is 2.92. The van der Waals surface area contributed by atoms with Crippen molar-refractivity contribution in [1.29, 1.82) is 5.26 Å². The monoisotopic (exact) mass is 193 g/mol. The van der Waals surface area contributed by atoms with Crippen LogP contribution in [0.4, 0.5) is 0 Å². The van der Waals surface area contributed by atoms with Crippen LogP contribution in [0.2, 0.25) is 0 Å². The lowest BCUT2D eigenvalue weighted by Gasteiger charge is -2.09. The summed E-state index contributed by atoms with van der Waals surface area (Å²) in [6.07, 6.45) is 0. The molecule has 0 aromatic carbocycles. The maximum absolute atomic E-state index is 11.4. The van der Waals surface area contributed by atoms with Crippen molar-refractivity contribution in [1.82, 2.24) is 4.57 Å². The summed E-state index contributed by atoms with van der Waals surface area (Å²) in [5, 5.41) is 18.3. The molecule has 0 aliphatic heterocycles. The fraction of sp³-hybridized carbons (Fsp3) is 0.333. The Balaban J connectivity index is 3.46. The molecule has 5 heteroatoms. The van der Waals surface area contributed by atoms with Crippen molar-refractivity contribution in [2.24, 2.45) is 5.73 Å². The minimum Gasteiger partial charge on any atom is -0.493 e. The highest BCUT2D eigenvalue weighted by atomic mass is 16.3. The van der Waals surface area contributed by atoms with Crippen molar-refractivity contribution >= 4 is 0 Å². The second-order valence-corrected chi connectivity index (χ2v) is 2.92. The fourth-order valence-electron chi connectivity index (χ4n) is 1.23. The summed E-state index contributed by atoms with van der Waals surface area (Å²) in [5.74, 6) is -0.303. The van der Waals surface area contributed by atoms with Gasteiger partial charge in [0.25, 0.3) is 5.56 Å². The van der Waals surface area contributed by atoms with Crippen LogP contribution < -0.4 is 11.3 Å². The van der Waals surface area contributed by atoms with E-state index in [9.17, 15) is 9.90 Å². The van der Waals surface area contributed by atoms with E-state index >= 15 is 0 Å². The first-order chi connectivity index (χ1) is 6.61. The average Bonchev–Trinajstić information content (AvgIpc) is 2.12. The Bertz CT molecular complexity index is 443. The summed E-state index contributed by atoms with van der Waals surface area (Å²) in [7, 11) is 0. The minimum absolute atomic E-state index is 0.123. The van der Waals surface area contributed by atoms with Gasteiger partial charge in [-0.3, -0.25) is 9.36 Å². The quantitative estimate of drug-likeness (QED) is 0.674. The molecule has 0 amide bonds. The van der Waals surface area contributed by atoms with Gasteiger partial charge >= 0.3 is 0 Å². The van der Waals surface area contributed by atoms with E-state index in [-0.39, 0.29) is 30.1 Å². The highest BCUT2D eigenvalue weighted by Crippen LogP contribution is 2.16. The summed E-state index contributed by atoms with van der Waals surface area (Å²) < 4.78 is 1.09. The Morgan fingerprint density at radius 2 is 2.36 bits per heavy atom. The van der Waals surface area contributed by atoms with E-state index in [1.165, 1.54) is 6.07 Å². The van der Waals surface area contributed by atoms with E-state index < -0.39 is 0 Å². The van der Waals surface area contributed by atoms with Gasteiger partial charge in [-0.15, -0.1) is 0 Å². The number of hydrogen-bond acceptors (Lipinski definition) is 4. The number of hydrogen-bond donors (Lipinski definition) is 2. The van der Waals surface area contributed by atoms with E-state index in [0.29, 0.717) is 5.56 Å². The summed E-state index contributed by atoms with van der Waals surface area (Å²) in [6.45, 7) is 2.05. The standard InChI is InChI=1S/C9H11N3O2/c1-6-4-8(13)12(3-2-10)9(14)7(6)5-11/h4,14H,2-3,10H2,1H3. The van der Waals surface area contributed by atoms with Crippen LogP contribution in [0.15, 0.2) is 10.9 Å². The van der Waals surface area contributed by atoms with Gasteiger partial charge in [-0.2, -0.15) is 5.26 Å². The lowest BCUT2D eigenvalue weighted by Crippen LogP contribution is -2.24. The number of rotatable bonds is 2. The van der Waals surface area contributed by atoms with Gasteiger partial charge in [0.2, 0.25) is 5.88 Å². The van der Waals surface area contributed by atoms with E-state index in [2.05, 4.69) is 0 Å². The summed E-state index contributed by atoms with van der Waals surface area (Å²) >= 11 is 0. The molecule has 1 rings (SSSR count). The van der Waals surface area contributed by atoms with Crippen LogP contribution in [0, 0.1) is 18.3 Å². The zero-order valence-electron chi connectivity index (χ0n) is 7.82. The maximum Gasteiger partial charge on any atom is 0.253 e. The van der Waals surface area contributed by atoms with Gasteiger partial charge in [0, 0.05) is 19.2 Å². The SMILES string of the molecule is Cc1cc(=O)n(CCN)c(O)c1C#N. The van der Waals surface area contributed by atoms with Crippen LogP contribution in [0.1, 0.15) is 11.1 Å². The largest absolute Gasteiger partial charge is 0.493 e. The van der Waals surface area contributed by atoms with Crippen LogP contribution >= 0.6 is 0 Å². The highest BCUT2D eigenvalue weighted by molar-refractivity contribution is 5.43. The van der Waals surface area contributed by atoms with E-state index in [1.807, 2.05) is 6.07 Å². The molecule has 1 heterocycles. The number of pyridine rings is 1. The molecular weight excluding hydrogens is 182 g/mol. The van der Waals surface area contributed by atoms with Gasteiger partial charge < -0.3 is 10.8 Å². The Morgan fingerprint density at radius 1 is 1.71 bits per heavy atom. The van der Waals surface area contributed by atoms with Crippen LogP contribution in [0.25, 0.3) is 0 Å². The molecule has 0 saturated carbocycles. The lowest BCUT2D eigenvalue weighted by molar-refractivity contribution is 0.405. The Kier molecular flexibility index (Phi) is 2.89. The topological polar surface area (TPSA) is 92.0 Å². The van der Waals surface area contributed by atoms with E-state index in [1.54, 1.807) is 6.92 Å². The van der Waals surface area contributed by atoms with Crippen LogP contribution in [-0.4, -0.2) is 16.2 Å². The molecule has 3 N–H and O–H groups in total. The van der Waals surface area contributed by atoms with Crippen molar-refractivity contribution in [2.45, 2.75) is 13.5 Å². The molecule has 0 atom stereocenters. The molecule has 0 radical (unpaired) electrons. The minimum atomic E-state index is -0.343. The molecule has 0 saturated heterocycles. The molecule has 0 aliphatic carbocycles. The molecule has 0 unspecified atom stereocenters. The molecule has 0 aliphatic rings. The van der Waals surface area contributed by atoms with Crippen molar-refractivity contribution in [3.05, 3.63) is 27.5 Å². The first-order valence-corrected chi connectivity index (χ1v) is 4.15. The van der Waals surface area contributed by atoms with Crippen LogP contribution in [-0.2, 0) is 6.54 Å². The van der Waals surface area contributed by atoms with Gasteiger partial charge in [0.1, 0.15) is 11.6 Å². The summed E-state index contributed by atoms with van der Waals surface area (Å²) in [5.41, 5.74) is 5.53.